The Morgan fingerprint density at radius 2 is 2.43 bits per heavy atom. The minimum Gasteiger partial charge on any atom is -0.338 e. The molecule has 0 radical (unpaired) electrons. The molecule has 1 N–H and O–H groups in total. The molecule has 0 fully saturated rings. The number of nitrogens with zero attached hydrogens (tertiary/aromatic N) is 1. The van der Waals surface area contributed by atoms with E-state index >= 15 is 0 Å². The number of nitrogens with one attached hydrogen (secondary N) is 1. The van der Waals surface area contributed by atoms with Crippen LogP contribution >= 0.6 is 11.3 Å². The van der Waals surface area contributed by atoms with E-state index in [0.717, 1.165) is 0 Å². The fourth-order valence-corrected chi connectivity index (χ4v) is 2.00. The van der Waals surface area contributed by atoms with Gasteiger partial charge in [-0.1, -0.05) is 6.07 Å². The minimum absolute atomic E-state index is 0.0200. The van der Waals surface area contributed by atoms with Crippen molar-refractivity contribution < 1.29 is 4.79 Å². The zero-order valence-electron chi connectivity index (χ0n) is 8.78. The number of thiophene rings is 1. The molecule has 0 bridgehead atoms. The number of urea groups is 1. The first-order valence-corrected chi connectivity index (χ1v) is 5.58. The Hall–Kier alpha value is -1.03. The molecule has 1 unspecified atom stereocenters. The molecule has 4 heteroatoms. The van der Waals surface area contributed by atoms with Crippen molar-refractivity contribution in [2.24, 2.45) is 0 Å². The summed E-state index contributed by atoms with van der Waals surface area (Å²) >= 11 is 1.67. The zero-order chi connectivity index (χ0) is 10.6. The van der Waals surface area contributed by atoms with Crippen molar-refractivity contribution in [3.8, 4) is 0 Å². The van der Waals surface area contributed by atoms with Crippen LogP contribution in [0.1, 0.15) is 24.8 Å². The second-order valence-electron chi connectivity index (χ2n) is 3.14. The second kappa shape index (κ2) is 5.00. The Kier molecular flexibility index (Phi) is 3.95. The van der Waals surface area contributed by atoms with Crippen molar-refractivity contribution in [2.45, 2.75) is 19.9 Å². The van der Waals surface area contributed by atoms with Crippen molar-refractivity contribution in [1.29, 1.82) is 0 Å². The molecule has 14 heavy (non-hydrogen) atoms. The molecule has 0 aliphatic heterocycles. The Balaban J connectivity index is 2.61. The Morgan fingerprint density at radius 3 is 2.93 bits per heavy atom. The summed E-state index contributed by atoms with van der Waals surface area (Å²) in [5, 5.41) is 4.80. The molecule has 0 saturated carbocycles. The largest absolute Gasteiger partial charge is 0.338 e. The van der Waals surface area contributed by atoms with Gasteiger partial charge in [-0.2, -0.15) is 0 Å². The van der Waals surface area contributed by atoms with Gasteiger partial charge in [-0.05, 0) is 25.3 Å². The highest BCUT2D eigenvalue weighted by Gasteiger charge is 2.16. The van der Waals surface area contributed by atoms with Gasteiger partial charge in [0.05, 0.1) is 6.04 Å². The highest BCUT2D eigenvalue weighted by molar-refractivity contribution is 7.10. The summed E-state index contributed by atoms with van der Waals surface area (Å²) in [6.45, 7) is 4.61. The Morgan fingerprint density at radius 1 is 1.71 bits per heavy atom. The van der Waals surface area contributed by atoms with Crippen molar-refractivity contribution >= 4 is 17.4 Å². The van der Waals surface area contributed by atoms with Gasteiger partial charge in [-0.25, -0.2) is 4.79 Å². The molecular formula is C10H16N2OS. The molecular weight excluding hydrogens is 196 g/mol. The lowest BCUT2D eigenvalue weighted by Gasteiger charge is -2.23. The Labute approximate surface area is 88.7 Å². The van der Waals surface area contributed by atoms with Gasteiger partial charge in [0.1, 0.15) is 0 Å². The van der Waals surface area contributed by atoms with E-state index in [1.165, 1.54) is 4.88 Å². The molecule has 1 aromatic heterocycles. The molecule has 1 rings (SSSR count). The molecule has 3 nitrogen and oxygen atoms in total. The van der Waals surface area contributed by atoms with E-state index in [1.807, 2.05) is 38.4 Å². The zero-order valence-corrected chi connectivity index (χ0v) is 9.60. The van der Waals surface area contributed by atoms with Crippen LogP contribution in [-0.4, -0.2) is 24.5 Å². The van der Waals surface area contributed by atoms with Gasteiger partial charge in [-0.3, -0.25) is 0 Å². The monoisotopic (exact) mass is 212 g/mol. The third-order valence-electron chi connectivity index (χ3n) is 2.18. The van der Waals surface area contributed by atoms with Crippen molar-refractivity contribution in [1.82, 2.24) is 10.2 Å². The van der Waals surface area contributed by atoms with Crippen LogP contribution in [0, 0.1) is 0 Å². The first-order valence-electron chi connectivity index (χ1n) is 4.70. The number of rotatable bonds is 3. The van der Waals surface area contributed by atoms with Crippen LogP contribution in [0.2, 0.25) is 0 Å². The van der Waals surface area contributed by atoms with Crippen LogP contribution in [0.15, 0.2) is 17.5 Å². The topological polar surface area (TPSA) is 32.3 Å². The third-order valence-corrected chi connectivity index (χ3v) is 3.23. The second-order valence-corrected chi connectivity index (χ2v) is 4.12. The summed E-state index contributed by atoms with van der Waals surface area (Å²) in [7, 11) is 1.81. The van der Waals surface area contributed by atoms with Gasteiger partial charge in [0.25, 0.3) is 0 Å². The lowest BCUT2D eigenvalue weighted by molar-refractivity contribution is 0.196. The predicted octanol–water partition coefficient (Wildman–Crippen LogP) is 2.47. The molecule has 1 atom stereocenters. The molecule has 78 valence electrons. The summed E-state index contributed by atoms with van der Waals surface area (Å²) in [5.74, 6) is 0. The molecule has 0 aromatic carbocycles. The SMILES string of the molecule is CCNC(=O)N(C)C(C)c1cccs1. The van der Waals surface area contributed by atoms with Crippen molar-refractivity contribution in [3.63, 3.8) is 0 Å². The minimum atomic E-state index is -0.0200. The van der Waals surface area contributed by atoms with Crippen molar-refractivity contribution in [3.05, 3.63) is 22.4 Å². The molecule has 2 amide bonds. The number of hydrogen-bond donors (Lipinski definition) is 1. The highest BCUT2D eigenvalue weighted by Crippen LogP contribution is 2.22. The number of carbonyl (C=O) groups is 1. The van der Waals surface area contributed by atoms with Crippen LogP contribution in [0.5, 0.6) is 0 Å². The average molecular weight is 212 g/mol. The van der Waals surface area contributed by atoms with E-state index < -0.39 is 0 Å². The van der Waals surface area contributed by atoms with Gasteiger partial charge >= 0.3 is 6.03 Å². The summed E-state index contributed by atoms with van der Waals surface area (Å²) < 4.78 is 0. The maximum Gasteiger partial charge on any atom is 0.317 e. The smallest absolute Gasteiger partial charge is 0.317 e. The lowest BCUT2D eigenvalue weighted by atomic mass is 10.2. The number of hydrogen-bond acceptors (Lipinski definition) is 2. The first kappa shape index (κ1) is 11.0. The molecule has 0 aliphatic rings. The normalized spacial score (nSPS) is 12.2. The summed E-state index contributed by atoms with van der Waals surface area (Å²) in [6.07, 6.45) is 0. The van der Waals surface area contributed by atoms with Gasteiger partial charge < -0.3 is 10.2 Å². The number of amides is 2. The van der Waals surface area contributed by atoms with Gasteiger partial charge in [0, 0.05) is 18.5 Å². The molecule has 0 spiro atoms. The molecule has 0 saturated heterocycles. The van der Waals surface area contributed by atoms with Crippen LogP contribution in [0.25, 0.3) is 0 Å². The Bertz CT molecular complexity index is 284. The molecule has 1 heterocycles. The van der Waals surface area contributed by atoms with Crippen molar-refractivity contribution in [2.75, 3.05) is 13.6 Å². The van der Waals surface area contributed by atoms with E-state index in [1.54, 1.807) is 16.2 Å². The van der Waals surface area contributed by atoms with Gasteiger partial charge in [0.15, 0.2) is 0 Å². The van der Waals surface area contributed by atoms with Crippen LogP contribution in [-0.2, 0) is 0 Å². The van der Waals surface area contributed by atoms with Crippen LogP contribution in [0.3, 0.4) is 0 Å². The summed E-state index contributed by atoms with van der Waals surface area (Å²) in [4.78, 5) is 14.4. The maximum atomic E-state index is 11.5. The van der Waals surface area contributed by atoms with Gasteiger partial charge in [-0.15, -0.1) is 11.3 Å². The maximum absolute atomic E-state index is 11.5. The summed E-state index contributed by atoms with van der Waals surface area (Å²) in [5.41, 5.74) is 0. The molecule has 0 aliphatic carbocycles. The average Bonchev–Trinajstić information content (AvgIpc) is 2.68. The van der Waals surface area contributed by atoms with E-state index in [0.29, 0.717) is 6.54 Å². The van der Waals surface area contributed by atoms with E-state index in [2.05, 4.69) is 5.32 Å². The standard InChI is InChI=1S/C10H16N2OS/c1-4-11-10(13)12(3)8(2)9-6-5-7-14-9/h5-8H,4H2,1-3H3,(H,11,13). The van der Waals surface area contributed by atoms with E-state index in [9.17, 15) is 4.79 Å². The number of carbonyl (C=O) groups excluding carboxylic acids is 1. The fourth-order valence-electron chi connectivity index (χ4n) is 1.17. The van der Waals surface area contributed by atoms with Crippen LogP contribution < -0.4 is 5.32 Å². The van der Waals surface area contributed by atoms with Gasteiger partial charge in [0.2, 0.25) is 0 Å². The summed E-state index contributed by atoms with van der Waals surface area (Å²) in [6, 6.07) is 4.17. The quantitative estimate of drug-likeness (QED) is 0.820. The fraction of sp³-hybridized carbons (Fsp3) is 0.500. The first-order chi connectivity index (χ1) is 6.66. The molecule has 1 aromatic rings. The third kappa shape index (κ3) is 2.48. The lowest BCUT2D eigenvalue weighted by Crippen LogP contribution is -2.38. The highest BCUT2D eigenvalue weighted by atomic mass is 32.1. The van der Waals surface area contributed by atoms with E-state index in [4.69, 9.17) is 0 Å². The predicted molar refractivity (Wildman–Crippen MR) is 59.6 cm³/mol. The van der Waals surface area contributed by atoms with E-state index in [-0.39, 0.29) is 12.1 Å². The van der Waals surface area contributed by atoms with Crippen LogP contribution in [0.4, 0.5) is 4.79 Å².